The Morgan fingerprint density at radius 1 is 0.676 bits per heavy atom. The smallest absolute Gasteiger partial charge is 0.140 e. The molecule has 7 N–H and O–H groups in total. The van der Waals surface area contributed by atoms with E-state index in [2.05, 4.69) is 15.0 Å². The molecule has 9 nitrogen and oxygen atoms in total. The number of nitrogens with zero attached hydrogens (tertiary/aromatic N) is 3. The molecule has 0 aliphatic heterocycles. The van der Waals surface area contributed by atoms with Gasteiger partial charge >= 0.3 is 0 Å². The van der Waals surface area contributed by atoms with E-state index in [1.807, 2.05) is 13.8 Å². The van der Waals surface area contributed by atoms with Crippen LogP contribution in [0, 0.1) is 27.7 Å². The van der Waals surface area contributed by atoms with Crippen molar-refractivity contribution in [2.75, 3.05) is 0 Å². The van der Waals surface area contributed by atoms with Gasteiger partial charge in [-0.05, 0) is 38.8 Å². The lowest BCUT2D eigenvalue weighted by Gasteiger charge is -2.20. The SMILES string of the molecule is Cc1nc(Cc2c(O)c(C)nc(Cc3c(CO)cnc(C)c3O)c2CO)c(CO)c(CN)c1C. The van der Waals surface area contributed by atoms with Gasteiger partial charge in [-0.1, -0.05) is 0 Å². The molecule has 3 rings (SSSR count). The molecule has 0 aliphatic rings. The third-order valence-electron chi connectivity index (χ3n) is 6.46. The lowest BCUT2D eigenvalue weighted by Crippen LogP contribution is -2.14. The van der Waals surface area contributed by atoms with E-state index in [1.165, 1.54) is 6.20 Å². The molecule has 0 bridgehead atoms. The van der Waals surface area contributed by atoms with Crippen molar-refractivity contribution in [3.8, 4) is 11.5 Å². The molecule has 0 saturated carbocycles. The molecule has 0 amide bonds. The van der Waals surface area contributed by atoms with Gasteiger partial charge < -0.3 is 31.3 Å². The highest BCUT2D eigenvalue weighted by Crippen LogP contribution is 2.34. The van der Waals surface area contributed by atoms with Crippen molar-refractivity contribution >= 4 is 0 Å². The number of nitrogens with two attached hydrogens (primary N) is 1. The fourth-order valence-electron chi connectivity index (χ4n) is 4.32. The van der Waals surface area contributed by atoms with Crippen molar-refractivity contribution in [2.45, 2.75) is 66.9 Å². The first-order valence-electron chi connectivity index (χ1n) is 11.0. The Labute approximate surface area is 198 Å². The van der Waals surface area contributed by atoms with Crippen LogP contribution in [0.5, 0.6) is 11.5 Å². The van der Waals surface area contributed by atoms with Gasteiger partial charge in [-0.2, -0.15) is 0 Å². The number of hydrogen-bond donors (Lipinski definition) is 6. The number of aromatic hydroxyl groups is 2. The lowest BCUT2D eigenvalue weighted by atomic mass is 9.92. The molecular weight excluding hydrogens is 436 g/mol. The maximum Gasteiger partial charge on any atom is 0.140 e. The van der Waals surface area contributed by atoms with Gasteiger partial charge in [0.15, 0.2) is 0 Å². The van der Waals surface area contributed by atoms with E-state index in [-0.39, 0.29) is 44.1 Å². The summed E-state index contributed by atoms with van der Waals surface area (Å²) < 4.78 is 0. The number of aliphatic hydroxyl groups is 3. The average Bonchev–Trinajstić information content (AvgIpc) is 2.82. The Hall–Kier alpha value is -3.11. The molecule has 0 aliphatic carbocycles. The van der Waals surface area contributed by atoms with E-state index in [9.17, 15) is 25.5 Å². The maximum atomic E-state index is 10.9. The molecular formula is C25H32N4O5. The molecule has 0 fully saturated rings. The Morgan fingerprint density at radius 3 is 1.76 bits per heavy atom. The maximum absolute atomic E-state index is 10.9. The molecule has 34 heavy (non-hydrogen) atoms. The highest BCUT2D eigenvalue weighted by molar-refractivity contribution is 5.51. The molecule has 0 radical (unpaired) electrons. The summed E-state index contributed by atoms with van der Waals surface area (Å²) in [7, 11) is 0. The quantitative estimate of drug-likeness (QED) is 0.288. The first-order valence-corrected chi connectivity index (χ1v) is 11.0. The highest BCUT2D eigenvalue weighted by atomic mass is 16.3. The number of aliphatic hydroxyl groups excluding tert-OH is 3. The van der Waals surface area contributed by atoms with E-state index in [0.29, 0.717) is 50.6 Å². The topological polar surface area (TPSA) is 166 Å². The molecule has 0 saturated heterocycles. The first-order chi connectivity index (χ1) is 16.2. The molecule has 0 aromatic carbocycles. The number of rotatable bonds is 8. The Balaban J connectivity index is 2.19. The summed E-state index contributed by atoms with van der Waals surface area (Å²) in [6.45, 7) is 6.33. The predicted molar refractivity (Wildman–Crippen MR) is 126 cm³/mol. The molecule has 3 heterocycles. The van der Waals surface area contributed by atoms with Gasteiger partial charge in [0.1, 0.15) is 11.5 Å². The summed E-state index contributed by atoms with van der Waals surface area (Å²) in [6, 6.07) is 0. The number of aromatic nitrogens is 3. The molecule has 182 valence electrons. The molecule has 3 aromatic heterocycles. The highest BCUT2D eigenvalue weighted by Gasteiger charge is 2.23. The Bertz CT molecular complexity index is 1230. The van der Waals surface area contributed by atoms with Crippen LogP contribution in [-0.2, 0) is 39.2 Å². The van der Waals surface area contributed by atoms with Crippen molar-refractivity contribution in [1.82, 2.24) is 15.0 Å². The number of pyridine rings is 3. The zero-order valence-corrected chi connectivity index (χ0v) is 20.0. The van der Waals surface area contributed by atoms with Gasteiger partial charge in [-0.25, -0.2) is 0 Å². The second-order valence-corrected chi connectivity index (χ2v) is 8.40. The standard InChI is InChI=1S/C25H32N4O5/c1-12-13(2)28-23(21(11-32)19(12)7-26)6-18-20(10-31)22(29-15(4)25(18)34)5-17-16(9-30)8-27-14(3)24(17)33/h8,30-34H,5-7,9-11,26H2,1-4H3. The first kappa shape index (κ1) is 25.5. The van der Waals surface area contributed by atoms with Crippen LogP contribution < -0.4 is 5.73 Å². The van der Waals surface area contributed by atoms with Crippen molar-refractivity contribution < 1.29 is 25.5 Å². The minimum absolute atomic E-state index is 0.0458. The van der Waals surface area contributed by atoms with Gasteiger partial charge in [0, 0.05) is 59.1 Å². The van der Waals surface area contributed by atoms with Crippen molar-refractivity contribution in [3.63, 3.8) is 0 Å². The largest absolute Gasteiger partial charge is 0.506 e. The second kappa shape index (κ2) is 10.4. The third-order valence-corrected chi connectivity index (χ3v) is 6.46. The Morgan fingerprint density at radius 2 is 1.21 bits per heavy atom. The van der Waals surface area contributed by atoms with Crippen LogP contribution in [0.2, 0.25) is 0 Å². The van der Waals surface area contributed by atoms with Crippen molar-refractivity contribution in [1.29, 1.82) is 0 Å². The van der Waals surface area contributed by atoms with E-state index < -0.39 is 6.61 Å². The summed E-state index contributed by atoms with van der Waals surface area (Å²) >= 11 is 0. The summed E-state index contributed by atoms with van der Waals surface area (Å²) in [5.74, 6) is -0.112. The molecule has 0 unspecified atom stereocenters. The lowest BCUT2D eigenvalue weighted by molar-refractivity contribution is 0.276. The average molecular weight is 469 g/mol. The van der Waals surface area contributed by atoms with Gasteiger partial charge in [-0.15, -0.1) is 0 Å². The minimum atomic E-state index is -0.409. The molecule has 9 heteroatoms. The van der Waals surface area contributed by atoms with Crippen LogP contribution >= 0.6 is 0 Å². The molecule has 3 aromatic rings. The van der Waals surface area contributed by atoms with Crippen LogP contribution in [0.3, 0.4) is 0 Å². The fraction of sp³-hybridized carbons (Fsp3) is 0.400. The zero-order valence-electron chi connectivity index (χ0n) is 20.0. The zero-order chi connectivity index (χ0) is 25.2. The van der Waals surface area contributed by atoms with Crippen molar-refractivity contribution in [3.05, 3.63) is 73.6 Å². The Kier molecular flexibility index (Phi) is 7.83. The predicted octanol–water partition coefficient (Wildman–Crippen LogP) is 1.63. The summed E-state index contributed by atoms with van der Waals surface area (Å²) in [5, 5.41) is 51.6. The van der Waals surface area contributed by atoms with Gasteiger partial charge in [-0.3, -0.25) is 15.0 Å². The second-order valence-electron chi connectivity index (χ2n) is 8.40. The molecule has 0 atom stereocenters. The number of hydrogen-bond acceptors (Lipinski definition) is 9. The monoisotopic (exact) mass is 468 g/mol. The third kappa shape index (κ3) is 4.60. The van der Waals surface area contributed by atoms with Crippen LogP contribution in [0.15, 0.2) is 6.20 Å². The minimum Gasteiger partial charge on any atom is -0.506 e. The van der Waals surface area contributed by atoms with Gasteiger partial charge in [0.2, 0.25) is 0 Å². The van der Waals surface area contributed by atoms with E-state index in [1.54, 1.807) is 13.8 Å². The van der Waals surface area contributed by atoms with Crippen LogP contribution in [0.25, 0.3) is 0 Å². The normalized spacial score (nSPS) is 11.3. The van der Waals surface area contributed by atoms with Crippen LogP contribution in [0.4, 0.5) is 0 Å². The fourth-order valence-corrected chi connectivity index (χ4v) is 4.32. The van der Waals surface area contributed by atoms with Gasteiger partial charge in [0.05, 0.1) is 42.6 Å². The van der Waals surface area contributed by atoms with Crippen molar-refractivity contribution in [2.24, 2.45) is 5.73 Å². The van der Waals surface area contributed by atoms with Crippen LogP contribution in [-0.4, -0.2) is 40.5 Å². The van der Waals surface area contributed by atoms with E-state index >= 15 is 0 Å². The summed E-state index contributed by atoms with van der Waals surface area (Å²) in [6.07, 6.45) is 1.77. The van der Waals surface area contributed by atoms with E-state index in [0.717, 1.165) is 16.8 Å². The van der Waals surface area contributed by atoms with Crippen LogP contribution in [0.1, 0.15) is 67.4 Å². The molecule has 0 spiro atoms. The number of aryl methyl sites for hydroxylation is 3. The summed E-state index contributed by atoms with van der Waals surface area (Å²) in [4.78, 5) is 13.2. The van der Waals surface area contributed by atoms with Gasteiger partial charge in [0.25, 0.3) is 0 Å². The summed E-state index contributed by atoms with van der Waals surface area (Å²) in [5.41, 5.74) is 12.6. The van der Waals surface area contributed by atoms with E-state index in [4.69, 9.17) is 5.73 Å².